The van der Waals surface area contributed by atoms with Crippen molar-refractivity contribution in [2.24, 2.45) is 0 Å². The Morgan fingerprint density at radius 2 is 1.75 bits per heavy atom. The number of thioether (sulfide) groups is 1. The minimum atomic E-state index is -0.697. The van der Waals surface area contributed by atoms with Gasteiger partial charge in [-0.2, -0.15) is 0 Å². The first-order chi connectivity index (χ1) is 17.4. The van der Waals surface area contributed by atoms with E-state index in [1.54, 1.807) is 0 Å². The quantitative estimate of drug-likeness (QED) is 0.544. The topological polar surface area (TPSA) is 43.9 Å². The van der Waals surface area contributed by atoms with Gasteiger partial charge in [0.2, 0.25) is 11.8 Å². The normalized spacial score (nSPS) is 19.9. The molecule has 0 atom stereocenters. The van der Waals surface area contributed by atoms with Gasteiger partial charge in [0.25, 0.3) is 0 Å². The number of carbonyl (C=O) groups is 2. The van der Waals surface area contributed by atoms with Gasteiger partial charge in [0.05, 0.1) is 0 Å². The minimum Gasteiger partial charge on any atom is -0.339 e. The molecule has 36 heavy (non-hydrogen) atoms. The Hall–Kier alpha value is -2.71. The molecule has 3 heterocycles. The Morgan fingerprint density at radius 3 is 2.50 bits per heavy atom. The van der Waals surface area contributed by atoms with Crippen LogP contribution < -0.4 is 0 Å². The number of carbonyl (C=O) groups excluding carboxylic acids is 2. The van der Waals surface area contributed by atoms with Crippen LogP contribution in [0.2, 0.25) is 0 Å². The molecule has 5 nitrogen and oxygen atoms in total. The van der Waals surface area contributed by atoms with Gasteiger partial charge in [-0.05, 0) is 73.8 Å². The summed E-state index contributed by atoms with van der Waals surface area (Å²) in [6.45, 7) is 4.82. The zero-order chi connectivity index (χ0) is 25.1. The predicted octanol–water partition coefficient (Wildman–Crippen LogP) is 4.28. The van der Waals surface area contributed by atoms with Crippen LogP contribution in [0.5, 0.6) is 0 Å². The molecule has 0 aliphatic carbocycles. The predicted molar refractivity (Wildman–Crippen MR) is 138 cm³/mol. The average Bonchev–Trinajstić information content (AvgIpc) is 3.22. The van der Waals surface area contributed by atoms with Crippen molar-refractivity contribution in [3.8, 4) is 0 Å². The maximum Gasteiger partial charge on any atom is 0.247 e. The van der Waals surface area contributed by atoms with E-state index in [-0.39, 0.29) is 28.7 Å². The lowest BCUT2D eigenvalue weighted by Gasteiger charge is -2.40. The largest absolute Gasteiger partial charge is 0.339 e. The van der Waals surface area contributed by atoms with Gasteiger partial charge in [-0.25, -0.2) is 8.78 Å². The van der Waals surface area contributed by atoms with Gasteiger partial charge in [-0.15, -0.1) is 11.8 Å². The summed E-state index contributed by atoms with van der Waals surface area (Å²) in [5, 5.41) is 0. The minimum absolute atomic E-state index is 0.0313. The van der Waals surface area contributed by atoms with Crippen molar-refractivity contribution in [1.29, 1.82) is 0 Å². The smallest absolute Gasteiger partial charge is 0.247 e. The van der Waals surface area contributed by atoms with Crippen LogP contribution in [0.1, 0.15) is 36.0 Å². The molecule has 0 unspecified atom stereocenters. The van der Waals surface area contributed by atoms with Crippen LogP contribution in [0.25, 0.3) is 6.08 Å². The van der Waals surface area contributed by atoms with Crippen LogP contribution in [-0.4, -0.2) is 72.3 Å². The van der Waals surface area contributed by atoms with E-state index in [9.17, 15) is 18.4 Å². The summed E-state index contributed by atoms with van der Waals surface area (Å²) >= 11 is 2.10. The van der Waals surface area contributed by atoms with Crippen LogP contribution in [0.4, 0.5) is 8.78 Å². The molecule has 1 spiro atoms. The SMILES string of the molecule is O=C(/C=C/c1cc(F)cc(F)c1)N1CCN(CCCN2CCC3(CC2)SCc2ccccc23)C(=O)C1. The van der Waals surface area contributed by atoms with Crippen LogP contribution >= 0.6 is 11.8 Å². The fourth-order valence-electron chi connectivity index (χ4n) is 5.50. The summed E-state index contributed by atoms with van der Waals surface area (Å²) in [6, 6.07) is 12.0. The molecule has 2 amide bonds. The second-order valence-electron chi connectivity index (χ2n) is 9.81. The van der Waals surface area contributed by atoms with E-state index in [0.717, 1.165) is 50.0 Å². The molecule has 0 saturated carbocycles. The van der Waals surface area contributed by atoms with E-state index < -0.39 is 11.6 Å². The van der Waals surface area contributed by atoms with Gasteiger partial charge >= 0.3 is 0 Å². The summed E-state index contributed by atoms with van der Waals surface area (Å²) in [5.74, 6) is -0.667. The van der Waals surface area contributed by atoms with Crippen molar-refractivity contribution >= 4 is 29.7 Å². The van der Waals surface area contributed by atoms with Gasteiger partial charge in [-0.1, -0.05) is 24.3 Å². The third-order valence-electron chi connectivity index (χ3n) is 7.51. The average molecular weight is 512 g/mol. The zero-order valence-electron chi connectivity index (χ0n) is 20.3. The summed E-state index contributed by atoms with van der Waals surface area (Å²) in [5.41, 5.74) is 3.29. The number of halogens is 2. The van der Waals surface area contributed by atoms with Crippen molar-refractivity contribution in [3.63, 3.8) is 0 Å². The Kier molecular flexibility index (Phi) is 7.44. The number of hydrogen-bond acceptors (Lipinski definition) is 4. The van der Waals surface area contributed by atoms with Gasteiger partial charge in [0.1, 0.15) is 18.2 Å². The first-order valence-corrected chi connectivity index (χ1v) is 13.6. The Bertz CT molecular complexity index is 1140. The van der Waals surface area contributed by atoms with Crippen molar-refractivity contribution in [2.45, 2.75) is 29.8 Å². The number of benzene rings is 2. The molecule has 2 aromatic rings. The highest BCUT2D eigenvalue weighted by molar-refractivity contribution is 7.99. The standard InChI is InChI=1S/C28H31F2N3O2S/c29-23-16-21(17-24(30)18-23)6-7-26(34)33-15-14-32(27(35)19-33)11-3-10-31-12-8-28(9-13-31)25-5-2-1-4-22(25)20-36-28/h1-2,4-7,16-18H,3,8-15,19-20H2/b7-6+. The van der Waals surface area contributed by atoms with Crippen molar-refractivity contribution in [1.82, 2.24) is 14.7 Å². The van der Waals surface area contributed by atoms with E-state index >= 15 is 0 Å². The Labute approximate surface area is 215 Å². The summed E-state index contributed by atoms with van der Waals surface area (Å²) in [7, 11) is 0. The number of fused-ring (bicyclic) bond motifs is 2. The maximum absolute atomic E-state index is 13.3. The van der Waals surface area contributed by atoms with E-state index in [1.165, 1.54) is 41.0 Å². The van der Waals surface area contributed by atoms with Crippen molar-refractivity contribution in [3.05, 3.63) is 76.9 Å². The second-order valence-corrected chi connectivity index (χ2v) is 11.2. The van der Waals surface area contributed by atoms with Crippen LogP contribution in [-0.2, 0) is 20.1 Å². The molecule has 2 saturated heterocycles. The molecule has 3 aliphatic rings. The monoisotopic (exact) mass is 511 g/mol. The molecule has 0 bridgehead atoms. The Morgan fingerprint density at radius 1 is 1.00 bits per heavy atom. The lowest BCUT2D eigenvalue weighted by Crippen LogP contribution is -2.52. The first-order valence-electron chi connectivity index (χ1n) is 12.6. The van der Waals surface area contributed by atoms with Crippen molar-refractivity contribution in [2.75, 3.05) is 45.8 Å². The Balaban J connectivity index is 1.04. The lowest BCUT2D eigenvalue weighted by molar-refractivity contribution is -0.142. The maximum atomic E-state index is 13.3. The van der Waals surface area contributed by atoms with Crippen LogP contribution in [0.3, 0.4) is 0 Å². The highest BCUT2D eigenvalue weighted by Gasteiger charge is 2.41. The lowest BCUT2D eigenvalue weighted by atomic mass is 9.86. The molecule has 5 rings (SSSR count). The van der Waals surface area contributed by atoms with E-state index in [0.29, 0.717) is 19.6 Å². The number of piperazine rings is 1. The molecule has 0 aromatic heterocycles. The second kappa shape index (κ2) is 10.7. The third-order valence-corrected chi connectivity index (χ3v) is 9.15. The van der Waals surface area contributed by atoms with Crippen molar-refractivity contribution < 1.29 is 18.4 Å². The molecule has 0 N–H and O–H groups in total. The molecule has 2 aromatic carbocycles. The van der Waals surface area contributed by atoms with Gasteiger partial charge in [-0.3, -0.25) is 9.59 Å². The number of piperidine rings is 1. The summed E-state index contributed by atoms with van der Waals surface area (Å²) < 4.78 is 26.9. The first kappa shape index (κ1) is 25.0. The van der Waals surface area contributed by atoms with E-state index in [2.05, 4.69) is 40.9 Å². The number of nitrogens with zero attached hydrogens (tertiary/aromatic N) is 3. The van der Waals surface area contributed by atoms with E-state index in [1.807, 2.05) is 4.90 Å². The number of hydrogen-bond donors (Lipinski definition) is 0. The van der Waals surface area contributed by atoms with Gasteiger partial charge in [0.15, 0.2) is 0 Å². The van der Waals surface area contributed by atoms with E-state index in [4.69, 9.17) is 0 Å². The van der Waals surface area contributed by atoms with Crippen LogP contribution in [0.15, 0.2) is 48.5 Å². The molecular formula is C28H31F2N3O2S. The number of amides is 2. The fraction of sp³-hybridized carbons (Fsp3) is 0.429. The number of likely N-dealkylation sites (tertiary alicyclic amines) is 1. The molecule has 2 fully saturated rings. The summed E-state index contributed by atoms with van der Waals surface area (Å²) in [4.78, 5) is 30.9. The highest BCUT2D eigenvalue weighted by Crippen LogP contribution is 2.53. The van der Waals surface area contributed by atoms with Gasteiger partial charge < -0.3 is 14.7 Å². The number of rotatable bonds is 6. The third kappa shape index (κ3) is 5.49. The fourth-order valence-corrected chi connectivity index (χ4v) is 7.01. The highest BCUT2D eigenvalue weighted by atomic mass is 32.2. The molecule has 190 valence electrons. The zero-order valence-corrected chi connectivity index (χ0v) is 21.1. The van der Waals surface area contributed by atoms with Gasteiger partial charge in [0, 0.05) is 42.3 Å². The molecule has 8 heteroatoms. The van der Waals surface area contributed by atoms with Crippen LogP contribution in [0, 0.1) is 11.6 Å². The summed E-state index contributed by atoms with van der Waals surface area (Å²) in [6.07, 6.45) is 5.90. The molecular weight excluding hydrogens is 480 g/mol. The molecule has 3 aliphatic heterocycles. The molecule has 0 radical (unpaired) electrons.